The number of nitrogens with one attached hydrogen (secondary N) is 4. The molecule has 0 bridgehead atoms. The van der Waals surface area contributed by atoms with Gasteiger partial charge in [0.2, 0.25) is 11.8 Å². The summed E-state index contributed by atoms with van der Waals surface area (Å²) in [6.07, 6.45) is 1.55. The zero-order valence-corrected chi connectivity index (χ0v) is 24.7. The van der Waals surface area contributed by atoms with Gasteiger partial charge in [0.1, 0.15) is 12.1 Å². The van der Waals surface area contributed by atoms with Crippen molar-refractivity contribution in [2.24, 2.45) is 0 Å². The fourth-order valence-corrected chi connectivity index (χ4v) is 5.22. The minimum absolute atomic E-state index is 0.137. The van der Waals surface area contributed by atoms with Crippen molar-refractivity contribution in [1.82, 2.24) is 20.9 Å². The van der Waals surface area contributed by atoms with E-state index in [2.05, 4.69) is 20.9 Å². The summed E-state index contributed by atoms with van der Waals surface area (Å²) >= 11 is 0. The van der Waals surface area contributed by atoms with Crippen LogP contribution in [0.1, 0.15) is 39.5 Å². The van der Waals surface area contributed by atoms with Crippen LogP contribution < -0.4 is 16.0 Å². The minimum atomic E-state index is -1.30. The number of hydrogen-bond acceptors (Lipinski definition) is 5. The van der Waals surface area contributed by atoms with Crippen LogP contribution in [-0.2, 0) is 25.5 Å². The van der Waals surface area contributed by atoms with E-state index in [0.29, 0.717) is 5.56 Å². The summed E-state index contributed by atoms with van der Waals surface area (Å²) in [6.45, 7) is 0. The molecule has 5 rings (SSSR count). The van der Waals surface area contributed by atoms with Crippen LogP contribution in [0, 0.1) is 0 Å². The molecular formula is C36H34N4O5. The fourth-order valence-electron chi connectivity index (χ4n) is 5.22. The van der Waals surface area contributed by atoms with Gasteiger partial charge in [0, 0.05) is 29.1 Å². The number of rotatable bonds is 12. The maximum atomic E-state index is 13.8. The molecule has 0 saturated carbocycles. The van der Waals surface area contributed by atoms with E-state index in [0.717, 1.165) is 27.6 Å². The number of carbonyl (C=O) groups is 4. The van der Waals surface area contributed by atoms with Gasteiger partial charge in [0.05, 0.1) is 19.6 Å². The summed E-state index contributed by atoms with van der Waals surface area (Å²) in [5, 5.41) is 9.38. The topological polar surface area (TPSA) is 129 Å². The number of fused-ring (bicyclic) bond motifs is 1. The average molecular weight is 603 g/mol. The zero-order chi connectivity index (χ0) is 31.6. The molecule has 2 atom stereocenters. The molecule has 0 radical (unpaired) electrons. The van der Waals surface area contributed by atoms with Crippen molar-refractivity contribution in [2.45, 2.75) is 31.0 Å². The second-order valence-corrected chi connectivity index (χ2v) is 10.6. The number of hydrogen-bond donors (Lipinski definition) is 4. The number of H-pyrrole nitrogens is 1. The molecule has 0 aliphatic rings. The molecule has 0 saturated heterocycles. The van der Waals surface area contributed by atoms with Crippen molar-refractivity contribution >= 4 is 34.6 Å². The standard InChI is InChI=1S/C36H34N4O5/c1-45-36(44)31(22-32(41)40-33(24-13-5-2-6-14-24)25-15-7-3-8-16-25)39-35(43)30(38-34(42)26-17-9-4-10-18-26)21-27-23-37-29-20-12-11-19-28(27)29/h2-20,23,30-31,33,37H,21-22H2,1H3,(H,38,42)(H,39,43)(H,40,41)/t30-,31?/m0/s1. The number of ether oxygens (including phenoxy) is 1. The molecule has 0 spiro atoms. The quantitative estimate of drug-likeness (QED) is 0.157. The first kappa shape index (κ1) is 30.7. The summed E-state index contributed by atoms with van der Waals surface area (Å²) in [4.78, 5) is 56.4. The van der Waals surface area contributed by atoms with Crippen LogP contribution in [0.4, 0.5) is 0 Å². The first-order valence-corrected chi connectivity index (χ1v) is 14.6. The molecule has 228 valence electrons. The molecule has 4 N–H and O–H groups in total. The number of benzene rings is 4. The van der Waals surface area contributed by atoms with Crippen LogP contribution in [0.2, 0.25) is 0 Å². The van der Waals surface area contributed by atoms with Crippen LogP contribution in [-0.4, -0.2) is 47.9 Å². The average Bonchev–Trinajstić information content (AvgIpc) is 3.50. The highest BCUT2D eigenvalue weighted by Gasteiger charge is 2.31. The molecular weight excluding hydrogens is 568 g/mol. The molecule has 5 aromatic rings. The van der Waals surface area contributed by atoms with Gasteiger partial charge in [-0.2, -0.15) is 0 Å². The van der Waals surface area contributed by atoms with Crippen molar-refractivity contribution in [2.75, 3.05) is 7.11 Å². The highest BCUT2D eigenvalue weighted by molar-refractivity contribution is 5.99. The Bertz CT molecular complexity index is 1720. The number of amides is 3. The van der Waals surface area contributed by atoms with Gasteiger partial charge < -0.3 is 25.7 Å². The van der Waals surface area contributed by atoms with Gasteiger partial charge in [0.25, 0.3) is 5.91 Å². The lowest BCUT2D eigenvalue weighted by atomic mass is 9.98. The summed E-state index contributed by atoms with van der Waals surface area (Å²) in [6, 6.07) is 32.3. The van der Waals surface area contributed by atoms with Crippen LogP contribution in [0.25, 0.3) is 10.9 Å². The van der Waals surface area contributed by atoms with Gasteiger partial charge >= 0.3 is 5.97 Å². The van der Waals surface area contributed by atoms with E-state index < -0.39 is 41.8 Å². The maximum Gasteiger partial charge on any atom is 0.328 e. The van der Waals surface area contributed by atoms with Gasteiger partial charge in [-0.3, -0.25) is 14.4 Å². The number of aromatic nitrogens is 1. The number of methoxy groups -OCH3 is 1. The lowest BCUT2D eigenvalue weighted by Crippen LogP contribution is -2.53. The van der Waals surface area contributed by atoms with Gasteiger partial charge in [-0.25, -0.2) is 4.79 Å². The number of para-hydroxylation sites is 1. The van der Waals surface area contributed by atoms with Crippen molar-refractivity contribution in [1.29, 1.82) is 0 Å². The van der Waals surface area contributed by atoms with E-state index in [1.165, 1.54) is 7.11 Å². The minimum Gasteiger partial charge on any atom is -0.467 e. The lowest BCUT2D eigenvalue weighted by molar-refractivity contribution is -0.146. The van der Waals surface area contributed by atoms with Crippen molar-refractivity contribution in [3.63, 3.8) is 0 Å². The predicted molar refractivity (Wildman–Crippen MR) is 171 cm³/mol. The third-order valence-corrected chi connectivity index (χ3v) is 7.52. The van der Waals surface area contributed by atoms with Gasteiger partial charge in [0.15, 0.2) is 0 Å². The molecule has 9 heteroatoms. The Labute approximate surface area is 261 Å². The summed E-state index contributed by atoms with van der Waals surface area (Å²) in [5.41, 5.74) is 3.79. The Kier molecular flexibility index (Phi) is 10.0. The van der Waals surface area contributed by atoms with E-state index in [1.807, 2.05) is 84.9 Å². The highest BCUT2D eigenvalue weighted by atomic mass is 16.5. The second kappa shape index (κ2) is 14.7. The largest absolute Gasteiger partial charge is 0.467 e. The molecule has 9 nitrogen and oxygen atoms in total. The van der Waals surface area contributed by atoms with Gasteiger partial charge in [-0.15, -0.1) is 0 Å². The Hall–Kier alpha value is -5.70. The van der Waals surface area contributed by atoms with E-state index in [4.69, 9.17) is 4.74 Å². The Morgan fingerprint density at radius 3 is 1.89 bits per heavy atom. The molecule has 3 amide bonds. The van der Waals surface area contributed by atoms with Gasteiger partial charge in [-0.05, 0) is 34.9 Å². The van der Waals surface area contributed by atoms with Crippen molar-refractivity contribution in [3.8, 4) is 0 Å². The van der Waals surface area contributed by atoms with Crippen LogP contribution >= 0.6 is 0 Å². The molecule has 0 aliphatic heterocycles. The van der Waals surface area contributed by atoms with E-state index >= 15 is 0 Å². The summed E-state index contributed by atoms with van der Waals surface area (Å²) in [5.74, 6) is -2.33. The molecule has 1 heterocycles. The van der Waals surface area contributed by atoms with Crippen molar-refractivity contribution < 1.29 is 23.9 Å². The smallest absolute Gasteiger partial charge is 0.328 e. The molecule has 1 aromatic heterocycles. The molecule has 1 unspecified atom stereocenters. The first-order chi connectivity index (χ1) is 21.9. The lowest BCUT2D eigenvalue weighted by Gasteiger charge is -2.24. The summed E-state index contributed by atoms with van der Waals surface area (Å²) in [7, 11) is 1.19. The third-order valence-electron chi connectivity index (χ3n) is 7.52. The highest BCUT2D eigenvalue weighted by Crippen LogP contribution is 2.22. The van der Waals surface area contributed by atoms with Gasteiger partial charge in [-0.1, -0.05) is 97.1 Å². The summed E-state index contributed by atoms with van der Waals surface area (Å²) < 4.78 is 4.96. The molecule has 45 heavy (non-hydrogen) atoms. The zero-order valence-electron chi connectivity index (χ0n) is 24.7. The van der Waals surface area contributed by atoms with Crippen LogP contribution in [0.3, 0.4) is 0 Å². The van der Waals surface area contributed by atoms with Crippen LogP contribution in [0.5, 0.6) is 0 Å². The molecule has 0 fully saturated rings. The van der Waals surface area contributed by atoms with Crippen molar-refractivity contribution in [3.05, 3.63) is 144 Å². The normalized spacial score (nSPS) is 12.2. The van der Waals surface area contributed by atoms with E-state index in [9.17, 15) is 19.2 Å². The fraction of sp³-hybridized carbons (Fsp3) is 0.167. The Morgan fingerprint density at radius 1 is 0.689 bits per heavy atom. The Morgan fingerprint density at radius 2 is 1.27 bits per heavy atom. The van der Waals surface area contributed by atoms with E-state index in [1.54, 1.807) is 36.5 Å². The number of aromatic amines is 1. The molecule has 4 aromatic carbocycles. The van der Waals surface area contributed by atoms with Crippen LogP contribution in [0.15, 0.2) is 121 Å². The second-order valence-electron chi connectivity index (χ2n) is 10.6. The number of carbonyl (C=O) groups excluding carboxylic acids is 4. The SMILES string of the molecule is COC(=O)C(CC(=O)NC(c1ccccc1)c1ccccc1)NC(=O)[C@H](Cc1c[nH]c2ccccc12)NC(=O)c1ccccc1. The molecule has 0 aliphatic carbocycles. The van der Waals surface area contributed by atoms with E-state index in [-0.39, 0.29) is 12.8 Å². The third kappa shape index (κ3) is 7.83. The predicted octanol–water partition coefficient (Wildman–Crippen LogP) is 4.46. The Balaban J connectivity index is 1.36. The maximum absolute atomic E-state index is 13.8. The number of esters is 1. The first-order valence-electron chi connectivity index (χ1n) is 14.6. The monoisotopic (exact) mass is 602 g/mol.